The maximum absolute atomic E-state index is 6.22. The Kier molecular flexibility index (Phi) is 3.92. The number of likely N-dealkylation sites (tertiary alicyclic amines) is 1. The molecule has 15 heavy (non-hydrogen) atoms. The summed E-state index contributed by atoms with van der Waals surface area (Å²) in [5.74, 6) is 1.76. The molecule has 1 heterocycles. The fraction of sp³-hybridized carbons (Fsp3) is 1.00. The van der Waals surface area contributed by atoms with Gasteiger partial charge in [-0.25, -0.2) is 0 Å². The predicted molar refractivity (Wildman–Crippen MR) is 63.4 cm³/mol. The second-order valence-electron chi connectivity index (χ2n) is 5.20. The summed E-state index contributed by atoms with van der Waals surface area (Å²) in [7, 11) is 1.79. The minimum atomic E-state index is 0.358. The van der Waals surface area contributed by atoms with Gasteiger partial charge in [0.2, 0.25) is 0 Å². The lowest BCUT2D eigenvalue weighted by Crippen LogP contribution is -2.30. The number of halogens is 1. The van der Waals surface area contributed by atoms with Crippen LogP contribution in [0, 0.1) is 11.8 Å². The van der Waals surface area contributed by atoms with Gasteiger partial charge in [0.1, 0.15) is 0 Å². The average Bonchev–Trinajstić information content (AvgIpc) is 2.59. The zero-order valence-corrected chi connectivity index (χ0v) is 10.5. The van der Waals surface area contributed by atoms with Gasteiger partial charge in [-0.15, -0.1) is 11.6 Å². The van der Waals surface area contributed by atoms with E-state index in [9.17, 15) is 0 Å². The smallest absolute Gasteiger partial charge is 0.0670 e. The number of nitrogens with zero attached hydrogens (tertiary/aromatic N) is 1. The van der Waals surface area contributed by atoms with Crippen LogP contribution in [0.1, 0.15) is 26.2 Å². The molecule has 4 atom stereocenters. The van der Waals surface area contributed by atoms with E-state index in [1.807, 2.05) is 0 Å². The summed E-state index contributed by atoms with van der Waals surface area (Å²) in [5.41, 5.74) is 0. The quantitative estimate of drug-likeness (QED) is 0.692. The van der Waals surface area contributed by atoms with E-state index >= 15 is 0 Å². The molecule has 0 aromatic carbocycles. The van der Waals surface area contributed by atoms with Gasteiger partial charge in [0, 0.05) is 32.1 Å². The lowest BCUT2D eigenvalue weighted by molar-refractivity contribution is 0.0833. The highest BCUT2D eigenvalue weighted by Crippen LogP contribution is 2.38. The molecule has 2 aliphatic rings. The fourth-order valence-electron chi connectivity index (χ4n) is 3.06. The van der Waals surface area contributed by atoms with Crippen LogP contribution in [0.2, 0.25) is 0 Å². The summed E-state index contributed by atoms with van der Waals surface area (Å²) >= 11 is 6.22. The van der Waals surface area contributed by atoms with Gasteiger partial charge >= 0.3 is 0 Å². The van der Waals surface area contributed by atoms with Crippen LogP contribution < -0.4 is 0 Å². The second kappa shape index (κ2) is 5.03. The predicted octanol–water partition coefficient (Wildman–Crippen LogP) is 2.36. The minimum Gasteiger partial charge on any atom is -0.380 e. The molecule has 0 radical (unpaired) electrons. The summed E-state index contributed by atoms with van der Waals surface area (Å²) < 4.78 is 5.32. The Hall–Kier alpha value is 0.210. The van der Waals surface area contributed by atoms with E-state index in [2.05, 4.69) is 11.8 Å². The molecule has 1 saturated heterocycles. The van der Waals surface area contributed by atoms with E-state index in [1.165, 1.54) is 32.4 Å². The maximum Gasteiger partial charge on any atom is 0.0670 e. The van der Waals surface area contributed by atoms with Crippen LogP contribution in [0.15, 0.2) is 0 Å². The molecule has 0 aromatic rings. The molecule has 2 rings (SSSR count). The highest BCUT2D eigenvalue weighted by atomic mass is 35.5. The van der Waals surface area contributed by atoms with Crippen LogP contribution in [0.5, 0.6) is 0 Å². The topological polar surface area (TPSA) is 12.5 Å². The van der Waals surface area contributed by atoms with Crippen LogP contribution >= 0.6 is 11.6 Å². The van der Waals surface area contributed by atoms with Crippen molar-refractivity contribution in [2.24, 2.45) is 11.8 Å². The molecule has 88 valence electrons. The molecular weight excluding hydrogens is 210 g/mol. The van der Waals surface area contributed by atoms with E-state index in [1.54, 1.807) is 7.11 Å². The zero-order chi connectivity index (χ0) is 10.8. The molecule has 0 bridgehead atoms. The molecule has 2 fully saturated rings. The molecule has 0 aromatic heterocycles. The molecule has 0 N–H and O–H groups in total. The first kappa shape index (κ1) is 11.7. The van der Waals surface area contributed by atoms with E-state index < -0.39 is 0 Å². The van der Waals surface area contributed by atoms with Gasteiger partial charge < -0.3 is 9.64 Å². The van der Waals surface area contributed by atoms with Crippen LogP contribution in [0.4, 0.5) is 0 Å². The van der Waals surface area contributed by atoms with Gasteiger partial charge in [0.15, 0.2) is 0 Å². The van der Waals surface area contributed by atoms with Gasteiger partial charge in [-0.3, -0.25) is 0 Å². The van der Waals surface area contributed by atoms with Gasteiger partial charge in [0.25, 0.3) is 0 Å². The Morgan fingerprint density at radius 3 is 2.80 bits per heavy atom. The first-order valence-corrected chi connectivity index (χ1v) is 6.52. The lowest BCUT2D eigenvalue weighted by Gasteiger charge is -2.27. The Bertz CT molecular complexity index is 212. The van der Waals surface area contributed by atoms with Crippen LogP contribution in [0.3, 0.4) is 0 Å². The number of alkyl halides is 1. The molecule has 0 amide bonds. The molecule has 1 aliphatic carbocycles. The summed E-state index contributed by atoms with van der Waals surface area (Å²) in [5, 5.41) is 0.436. The third-order valence-corrected chi connectivity index (χ3v) is 4.38. The molecule has 1 saturated carbocycles. The average molecular weight is 232 g/mol. The van der Waals surface area contributed by atoms with Crippen molar-refractivity contribution in [3.8, 4) is 0 Å². The zero-order valence-electron chi connectivity index (χ0n) is 9.79. The fourth-order valence-corrected chi connectivity index (χ4v) is 3.41. The van der Waals surface area contributed by atoms with Crippen LogP contribution in [-0.2, 0) is 4.74 Å². The number of hydrogen-bond acceptors (Lipinski definition) is 2. The van der Waals surface area contributed by atoms with Gasteiger partial charge in [0.05, 0.1) is 6.10 Å². The van der Waals surface area contributed by atoms with E-state index in [-0.39, 0.29) is 0 Å². The highest BCUT2D eigenvalue weighted by molar-refractivity contribution is 6.20. The number of hydrogen-bond donors (Lipinski definition) is 0. The Morgan fingerprint density at radius 1 is 1.33 bits per heavy atom. The minimum absolute atomic E-state index is 0.358. The molecule has 4 unspecified atom stereocenters. The number of rotatable bonds is 3. The highest BCUT2D eigenvalue weighted by Gasteiger charge is 2.37. The van der Waals surface area contributed by atoms with Crippen LogP contribution in [0.25, 0.3) is 0 Å². The number of ether oxygens (including phenoxy) is 1. The van der Waals surface area contributed by atoms with Crippen molar-refractivity contribution < 1.29 is 4.74 Å². The maximum atomic E-state index is 6.22. The van der Waals surface area contributed by atoms with Crippen molar-refractivity contribution in [2.45, 2.75) is 37.7 Å². The second-order valence-corrected chi connectivity index (χ2v) is 5.81. The largest absolute Gasteiger partial charge is 0.380 e. The van der Waals surface area contributed by atoms with Crippen molar-refractivity contribution in [1.29, 1.82) is 0 Å². The Morgan fingerprint density at radius 2 is 2.07 bits per heavy atom. The van der Waals surface area contributed by atoms with Gasteiger partial charge in [-0.05, 0) is 38.0 Å². The third-order valence-electron chi connectivity index (χ3n) is 3.98. The Balaban J connectivity index is 1.82. The molecule has 3 heteroatoms. The SMILES string of the molecule is COC(C)CN1CC2CCC(Cl)CC2C1. The van der Waals surface area contributed by atoms with Gasteiger partial charge in [-0.1, -0.05) is 0 Å². The standard InChI is InChI=1S/C12H22ClNO/c1-9(15-2)6-14-7-10-3-4-12(13)5-11(10)8-14/h9-12H,3-8H2,1-2H3. The molecule has 2 nitrogen and oxygen atoms in total. The van der Waals surface area contributed by atoms with Crippen molar-refractivity contribution in [2.75, 3.05) is 26.7 Å². The summed E-state index contributed by atoms with van der Waals surface area (Å²) in [6.07, 6.45) is 4.13. The molecular formula is C12H22ClNO. The van der Waals surface area contributed by atoms with E-state index in [0.717, 1.165) is 18.4 Å². The summed E-state index contributed by atoms with van der Waals surface area (Å²) in [6, 6.07) is 0. The first-order chi connectivity index (χ1) is 7.19. The van der Waals surface area contributed by atoms with Crippen molar-refractivity contribution in [3.63, 3.8) is 0 Å². The van der Waals surface area contributed by atoms with Crippen molar-refractivity contribution in [3.05, 3.63) is 0 Å². The van der Waals surface area contributed by atoms with E-state index in [4.69, 9.17) is 16.3 Å². The van der Waals surface area contributed by atoms with Crippen molar-refractivity contribution >= 4 is 11.6 Å². The number of fused-ring (bicyclic) bond motifs is 1. The first-order valence-electron chi connectivity index (χ1n) is 6.08. The normalized spacial score (nSPS) is 39.0. The third kappa shape index (κ3) is 2.86. The lowest BCUT2D eigenvalue weighted by atomic mass is 9.82. The Labute approximate surface area is 97.9 Å². The van der Waals surface area contributed by atoms with Gasteiger partial charge in [-0.2, -0.15) is 0 Å². The molecule has 1 aliphatic heterocycles. The summed E-state index contributed by atoms with van der Waals surface area (Å²) in [4.78, 5) is 2.55. The van der Waals surface area contributed by atoms with Crippen molar-refractivity contribution in [1.82, 2.24) is 4.90 Å². The monoisotopic (exact) mass is 231 g/mol. The number of methoxy groups -OCH3 is 1. The summed E-state index contributed by atoms with van der Waals surface area (Å²) in [6.45, 7) is 5.73. The van der Waals surface area contributed by atoms with E-state index in [0.29, 0.717) is 11.5 Å². The molecule has 0 spiro atoms. The van der Waals surface area contributed by atoms with Crippen LogP contribution in [-0.4, -0.2) is 43.1 Å².